The lowest BCUT2D eigenvalue weighted by atomic mass is 10.1. The Morgan fingerprint density at radius 3 is 3.04 bits per heavy atom. The van der Waals surface area contributed by atoms with Crippen LogP contribution in [-0.2, 0) is 4.74 Å². The summed E-state index contributed by atoms with van der Waals surface area (Å²) in [6, 6.07) is 5.38. The van der Waals surface area contributed by atoms with Crippen molar-refractivity contribution >= 4 is 6.03 Å². The molecule has 2 aliphatic heterocycles. The van der Waals surface area contributed by atoms with E-state index >= 15 is 0 Å². The molecule has 0 aromatic heterocycles. The molecule has 7 nitrogen and oxygen atoms in total. The Morgan fingerprint density at radius 1 is 1.38 bits per heavy atom. The molecule has 0 aliphatic carbocycles. The minimum atomic E-state index is -0.0568. The van der Waals surface area contributed by atoms with E-state index in [4.69, 9.17) is 18.9 Å². The number of rotatable bonds is 7. The second-order valence-electron chi connectivity index (χ2n) is 5.86. The summed E-state index contributed by atoms with van der Waals surface area (Å²) in [5.41, 5.74) is 0. The quantitative estimate of drug-likeness (QED) is 0.770. The second kappa shape index (κ2) is 8.10. The molecule has 1 N–H and O–H groups in total. The maximum absolute atomic E-state index is 12.2. The zero-order valence-corrected chi connectivity index (χ0v) is 14.0. The monoisotopic (exact) mass is 336 g/mol. The van der Waals surface area contributed by atoms with Crippen LogP contribution in [0.2, 0.25) is 0 Å². The Balaban J connectivity index is 1.38. The first-order chi connectivity index (χ1) is 11.8. The van der Waals surface area contributed by atoms with Gasteiger partial charge in [-0.1, -0.05) is 0 Å². The van der Waals surface area contributed by atoms with Gasteiger partial charge in [-0.05, 0) is 25.5 Å². The number of hydrogen-bond acceptors (Lipinski definition) is 5. The highest BCUT2D eigenvalue weighted by atomic mass is 16.7. The molecule has 0 bridgehead atoms. The van der Waals surface area contributed by atoms with Gasteiger partial charge in [0.15, 0.2) is 11.5 Å². The lowest BCUT2D eigenvalue weighted by Crippen LogP contribution is -2.43. The third-order valence-corrected chi connectivity index (χ3v) is 4.16. The molecular formula is C17H24N2O5. The maximum atomic E-state index is 12.2. The van der Waals surface area contributed by atoms with E-state index in [1.807, 2.05) is 24.0 Å². The third-order valence-electron chi connectivity index (χ3n) is 4.16. The van der Waals surface area contributed by atoms with Crippen LogP contribution in [0.5, 0.6) is 17.2 Å². The van der Waals surface area contributed by atoms with Crippen LogP contribution < -0.4 is 19.5 Å². The van der Waals surface area contributed by atoms with Crippen molar-refractivity contribution < 1.29 is 23.7 Å². The van der Waals surface area contributed by atoms with E-state index in [1.165, 1.54) is 0 Å². The van der Waals surface area contributed by atoms with E-state index < -0.39 is 0 Å². The van der Waals surface area contributed by atoms with Crippen molar-refractivity contribution in [1.29, 1.82) is 0 Å². The van der Waals surface area contributed by atoms with Crippen LogP contribution in [-0.4, -0.2) is 57.2 Å². The number of carbonyl (C=O) groups is 1. The standard InChI is InChI=1S/C17H24N2O5/c1-2-19(10-13-5-7-21-11-13)17(20)18-6-8-22-14-3-4-15-16(9-14)24-12-23-15/h3-4,9,13H,2,5-8,10-12H2,1H3,(H,18,20)/t13-/m0/s1. The summed E-state index contributed by atoms with van der Waals surface area (Å²) in [5, 5.41) is 2.90. The highest BCUT2D eigenvalue weighted by molar-refractivity contribution is 5.74. The van der Waals surface area contributed by atoms with Crippen LogP contribution in [0.1, 0.15) is 13.3 Å². The highest BCUT2D eigenvalue weighted by Gasteiger charge is 2.21. The van der Waals surface area contributed by atoms with Crippen LogP contribution in [0.4, 0.5) is 4.79 Å². The molecule has 1 aromatic carbocycles. The van der Waals surface area contributed by atoms with Crippen LogP contribution in [0.3, 0.4) is 0 Å². The van der Waals surface area contributed by atoms with Crippen molar-refractivity contribution in [3.8, 4) is 17.2 Å². The number of carbonyl (C=O) groups excluding carboxylic acids is 1. The first kappa shape index (κ1) is 16.7. The fraction of sp³-hybridized carbons (Fsp3) is 0.588. The van der Waals surface area contributed by atoms with E-state index in [-0.39, 0.29) is 12.8 Å². The molecule has 1 fully saturated rings. The molecule has 0 unspecified atom stereocenters. The Hall–Kier alpha value is -2.15. The summed E-state index contributed by atoms with van der Waals surface area (Å²) >= 11 is 0. The molecule has 1 saturated heterocycles. The first-order valence-electron chi connectivity index (χ1n) is 8.39. The molecule has 1 atom stereocenters. The Kier molecular flexibility index (Phi) is 5.63. The van der Waals surface area contributed by atoms with Crippen molar-refractivity contribution in [3.63, 3.8) is 0 Å². The lowest BCUT2D eigenvalue weighted by molar-refractivity contribution is 0.165. The SMILES string of the molecule is CCN(C[C@@H]1CCOC1)C(=O)NCCOc1ccc2c(c1)OCO2. The summed E-state index contributed by atoms with van der Waals surface area (Å²) < 4.78 is 21.6. The van der Waals surface area contributed by atoms with Gasteiger partial charge in [-0.25, -0.2) is 4.79 Å². The second-order valence-corrected chi connectivity index (χ2v) is 5.86. The summed E-state index contributed by atoms with van der Waals surface area (Å²) in [5.74, 6) is 2.56. The molecule has 0 saturated carbocycles. The van der Waals surface area contributed by atoms with Gasteiger partial charge in [0.05, 0.1) is 13.2 Å². The zero-order chi connectivity index (χ0) is 16.8. The van der Waals surface area contributed by atoms with Crippen molar-refractivity contribution in [2.45, 2.75) is 13.3 Å². The van der Waals surface area contributed by atoms with E-state index in [2.05, 4.69) is 5.32 Å². The topological polar surface area (TPSA) is 69.3 Å². The van der Waals surface area contributed by atoms with Crippen LogP contribution in [0.15, 0.2) is 18.2 Å². The normalized spacial score (nSPS) is 18.5. The predicted octanol–water partition coefficient (Wildman–Crippen LogP) is 1.86. The van der Waals surface area contributed by atoms with Gasteiger partial charge < -0.3 is 29.2 Å². The number of amides is 2. The maximum Gasteiger partial charge on any atom is 0.317 e. The molecule has 3 rings (SSSR count). The predicted molar refractivity (Wildman–Crippen MR) is 87.6 cm³/mol. The first-order valence-corrected chi connectivity index (χ1v) is 8.39. The van der Waals surface area contributed by atoms with E-state index in [0.29, 0.717) is 37.1 Å². The summed E-state index contributed by atoms with van der Waals surface area (Å²) in [6.45, 7) is 6.05. The van der Waals surface area contributed by atoms with Crippen molar-refractivity contribution in [1.82, 2.24) is 10.2 Å². The van der Waals surface area contributed by atoms with Crippen LogP contribution in [0, 0.1) is 5.92 Å². The molecule has 24 heavy (non-hydrogen) atoms. The fourth-order valence-corrected chi connectivity index (χ4v) is 2.80. The number of ether oxygens (including phenoxy) is 4. The van der Waals surface area contributed by atoms with Crippen LogP contribution >= 0.6 is 0 Å². The molecule has 2 aliphatic rings. The molecule has 2 amide bonds. The van der Waals surface area contributed by atoms with E-state index in [9.17, 15) is 4.79 Å². The molecule has 2 heterocycles. The van der Waals surface area contributed by atoms with Crippen molar-refractivity contribution in [2.24, 2.45) is 5.92 Å². The minimum absolute atomic E-state index is 0.0568. The largest absolute Gasteiger partial charge is 0.492 e. The average molecular weight is 336 g/mol. The summed E-state index contributed by atoms with van der Waals surface area (Å²) in [4.78, 5) is 14.0. The van der Waals surface area contributed by atoms with Gasteiger partial charge in [-0.3, -0.25) is 0 Å². The van der Waals surface area contributed by atoms with Gasteiger partial charge in [-0.15, -0.1) is 0 Å². The van der Waals surface area contributed by atoms with Gasteiger partial charge in [-0.2, -0.15) is 0 Å². The third kappa shape index (κ3) is 4.23. The fourth-order valence-electron chi connectivity index (χ4n) is 2.80. The number of nitrogens with zero attached hydrogens (tertiary/aromatic N) is 1. The molecule has 7 heteroatoms. The molecule has 0 spiro atoms. The molecule has 1 aromatic rings. The zero-order valence-electron chi connectivity index (χ0n) is 14.0. The molecule has 132 valence electrons. The molecule has 0 radical (unpaired) electrons. The lowest BCUT2D eigenvalue weighted by Gasteiger charge is -2.24. The van der Waals surface area contributed by atoms with Crippen molar-refractivity contribution in [3.05, 3.63) is 18.2 Å². The number of benzene rings is 1. The number of urea groups is 1. The van der Waals surface area contributed by atoms with Gasteiger partial charge in [0.1, 0.15) is 12.4 Å². The Bertz CT molecular complexity index is 560. The summed E-state index contributed by atoms with van der Waals surface area (Å²) in [6.07, 6.45) is 1.02. The minimum Gasteiger partial charge on any atom is -0.492 e. The Labute approximate surface area is 141 Å². The van der Waals surface area contributed by atoms with E-state index in [0.717, 1.165) is 31.9 Å². The summed E-state index contributed by atoms with van der Waals surface area (Å²) in [7, 11) is 0. The van der Waals surface area contributed by atoms with Gasteiger partial charge in [0.25, 0.3) is 0 Å². The van der Waals surface area contributed by atoms with Gasteiger partial charge >= 0.3 is 6.03 Å². The van der Waals surface area contributed by atoms with E-state index in [1.54, 1.807) is 6.07 Å². The van der Waals surface area contributed by atoms with Gasteiger partial charge in [0.2, 0.25) is 6.79 Å². The smallest absolute Gasteiger partial charge is 0.317 e. The number of hydrogen-bond donors (Lipinski definition) is 1. The number of fused-ring (bicyclic) bond motifs is 1. The average Bonchev–Trinajstić information content (AvgIpc) is 3.27. The van der Waals surface area contributed by atoms with Crippen LogP contribution in [0.25, 0.3) is 0 Å². The molecular weight excluding hydrogens is 312 g/mol. The highest BCUT2D eigenvalue weighted by Crippen LogP contribution is 2.34. The van der Waals surface area contributed by atoms with Crippen molar-refractivity contribution in [2.75, 3.05) is 46.2 Å². The number of nitrogens with one attached hydrogen (secondary N) is 1. The Morgan fingerprint density at radius 2 is 2.25 bits per heavy atom. The van der Waals surface area contributed by atoms with Gasteiger partial charge in [0, 0.05) is 31.7 Å².